The third-order valence-corrected chi connectivity index (χ3v) is 2.44. The Morgan fingerprint density at radius 3 is 2.79 bits per heavy atom. The number of ether oxygens (including phenoxy) is 2. The molecule has 100 valence electrons. The van der Waals surface area contributed by atoms with Crippen LogP contribution in [0.1, 0.15) is 17.3 Å². The van der Waals surface area contributed by atoms with Gasteiger partial charge in [0.05, 0.1) is 12.8 Å². The number of amides is 2. The predicted octanol–water partition coefficient (Wildman–Crippen LogP) is 0.762. The molecule has 19 heavy (non-hydrogen) atoms. The first-order chi connectivity index (χ1) is 9.01. The van der Waals surface area contributed by atoms with E-state index >= 15 is 0 Å². The van der Waals surface area contributed by atoms with E-state index in [1.165, 1.54) is 26.2 Å². The van der Waals surface area contributed by atoms with E-state index in [9.17, 15) is 14.4 Å². The van der Waals surface area contributed by atoms with Crippen LogP contribution in [0.4, 0.5) is 11.4 Å². The maximum absolute atomic E-state index is 11.7. The van der Waals surface area contributed by atoms with E-state index in [1.54, 1.807) is 0 Å². The zero-order valence-electron chi connectivity index (χ0n) is 10.4. The second-order valence-electron chi connectivity index (χ2n) is 3.91. The van der Waals surface area contributed by atoms with Crippen LogP contribution < -0.4 is 15.4 Å². The molecule has 1 aliphatic heterocycles. The van der Waals surface area contributed by atoms with Crippen LogP contribution in [0.2, 0.25) is 0 Å². The Bertz CT molecular complexity index is 567. The third kappa shape index (κ3) is 2.65. The number of nitrogens with one attached hydrogen (secondary N) is 2. The number of methoxy groups -OCH3 is 1. The Morgan fingerprint density at radius 2 is 2.16 bits per heavy atom. The molecular formula is C12H12N2O5. The molecule has 1 heterocycles. The van der Waals surface area contributed by atoms with Crippen LogP contribution in [-0.2, 0) is 14.3 Å². The van der Waals surface area contributed by atoms with Gasteiger partial charge < -0.3 is 20.1 Å². The number of carbonyl (C=O) groups is 3. The van der Waals surface area contributed by atoms with Crippen molar-refractivity contribution in [1.82, 2.24) is 0 Å². The fourth-order valence-electron chi connectivity index (χ4n) is 1.74. The second kappa shape index (κ2) is 4.97. The molecule has 7 nitrogen and oxygen atoms in total. The normalized spacial score (nSPS) is 12.8. The van der Waals surface area contributed by atoms with Gasteiger partial charge in [0.1, 0.15) is 5.56 Å². The number of hydrogen-bond acceptors (Lipinski definition) is 5. The van der Waals surface area contributed by atoms with Gasteiger partial charge in [-0.05, 0) is 12.1 Å². The van der Waals surface area contributed by atoms with Crippen molar-refractivity contribution in [3.05, 3.63) is 17.7 Å². The molecule has 0 aliphatic carbocycles. The monoisotopic (exact) mass is 264 g/mol. The summed E-state index contributed by atoms with van der Waals surface area (Å²) in [6.07, 6.45) is 0. The highest BCUT2D eigenvalue weighted by molar-refractivity contribution is 6.03. The fourth-order valence-corrected chi connectivity index (χ4v) is 1.74. The van der Waals surface area contributed by atoms with Crippen LogP contribution in [0.3, 0.4) is 0 Å². The fraction of sp³-hybridized carbons (Fsp3) is 0.250. The minimum Gasteiger partial charge on any atom is -0.481 e. The lowest BCUT2D eigenvalue weighted by Crippen LogP contribution is -2.27. The van der Waals surface area contributed by atoms with Crippen molar-refractivity contribution < 1.29 is 23.9 Å². The Hall–Kier alpha value is -2.57. The smallest absolute Gasteiger partial charge is 0.341 e. The number of carbonyl (C=O) groups excluding carboxylic acids is 3. The Kier molecular flexibility index (Phi) is 3.37. The van der Waals surface area contributed by atoms with Crippen molar-refractivity contribution in [3.8, 4) is 5.75 Å². The third-order valence-electron chi connectivity index (χ3n) is 2.44. The van der Waals surface area contributed by atoms with Gasteiger partial charge >= 0.3 is 5.97 Å². The number of hydrogen-bond donors (Lipinski definition) is 2. The van der Waals surface area contributed by atoms with Gasteiger partial charge in [0.15, 0.2) is 12.4 Å². The van der Waals surface area contributed by atoms with Crippen LogP contribution in [0.5, 0.6) is 5.75 Å². The highest BCUT2D eigenvalue weighted by atomic mass is 16.5. The Morgan fingerprint density at radius 1 is 1.42 bits per heavy atom. The van der Waals surface area contributed by atoms with Gasteiger partial charge in [-0.1, -0.05) is 0 Å². The van der Waals surface area contributed by atoms with Gasteiger partial charge in [0.2, 0.25) is 5.91 Å². The molecule has 0 spiro atoms. The van der Waals surface area contributed by atoms with Crippen LogP contribution in [0, 0.1) is 0 Å². The number of esters is 1. The molecule has 1 aliphatic rings. The maximum Gasteiger partial charge on any atom is 0.341 e. The summed E-state index contributed by atoms with van der Waals surface area (Å²) in [7, 11) is 1.24. The highest BCUT2D eigenvalue weighted by Crippen LogP contribution is 2.35. The summed E-state index contributed by atoms with van der Waals surface area (Å²) in [6.45, 7) is 1.17. The molecule has 2 rings (SSSR count). The minimum atomic E-state index is -0.611. The van der Waals surface area contributed by atoms with E-state index in [4.69, 9.17) is 4.74 Å². The number of rotatable bonds is 2. The molecule has 1 aromatic rings. The summed E-state index contributed by atoms with van der Waals surface area (Å²) in [4.78, 5) is 34.0. The summed E-state index contributed by atoms with van der Waals surface area (Å²) in [5.74, 6) is -0.998. The van der Waals surface area contributed by atoms with Crippen molar-refractivity contribution in [2.75, 3.05) is 24.4 Å². The average molecular weight is 264 g/mol. The zero-order valence-corrected chi connectivity index (χ0v) is 10.4. The van der Waals surface area contributed by atoms with Crippen LogP contribution in [0.25, 0.3) is 0 Å². The van der Waals surface area contributed by atoms with Gasteiger partial charge in [-0.3, -0.25) is 9.59 Å². The highest BCUT2D eigenvalue weighted by Gasteiger charge is 2.24. The molecule has 7 heteroatoms. The van der Waals surface area contributed by atoms with Crippen molar-refractivity contribution in [2.45, 2.75) is 6.92 Å². The van der Waals surface area contributed by atoms with E-state index in [1.807, 2.05) is 0 Å². The molecular weight excluding hydrogens is 252 g/mol. The summed E-state index contributed by atoms with van der Waals surface area (Å²) < 4.78 is 9.87. The van der Waals surface area contributed by atoms with Gasteiger partial charge in [0.25, 0.3) is 5.91 Å². The first-order valence-corrected chi connectivity index (χ1v) is 5.48. The molecule has 0 unspecified atom stereocenters. The first-order valence-electron chi connectivity index (χ1n) is 5.48. The van der Waals surface area contributed by atoms with Crippen molar-refractivity contribution in [3.63, 3.8) is 0 Å². The standard InChI is InChI=1S/C12H12N2O5/c1-6(15)13-7-3-8(12(17)18-2)11-9(4-7)14-10(16)5-19-11/h3-4H,5H2,1-2H3,(H,13,15)(H,14,16). The molecule has 0 bridgehead atoms. The summed E-state index contributed by atoms with van der Waals surface area (Å²) in [5, 5.41) is 5.11. The number of anilines is 2. The quantitative estimate of drug-likeness (QED) is 0.769. The molecule has 0 saturated heterocycles. The SMILES string of the molecule is COC(=O)c1cc(NC(C)=O)cc2c1OCC(=O)N2. The summed E-state index contributed by atoms with van der Waals surface area (Å²) >= 11 is 0. The van der Waals surface area contributed by atoms with Crippen molar-refractivity contribution in [2.24, 2.45) is 0 Å². The van der Waals surface area contributed by atoms with Crippen LogP contribution in [-0.4, -0.2) is 31.5 Å². The molecule has 2 amide bonds. The van der Waals surface area contributed by atoms with E-state index in [-0.39, 0.29) is 29.7 Å². The lowest BCUT2D eigenvalue weighted by molar-refractivity contribution is -0.118. The molecule has 0 atom stereocenters. The molecule has 1 aromatic carbocycles. The van der Waals surface area contributed by atoms with Crippen molar-refractivity contribution in [1.29, 1.82) is 0 Å². The van der Waals surface area contributed by atoms with E-state index in [0.29, 0.717) is 11.4 Å². The molecule has 0 saturated carbocycles. The molecule has 0 aromatic heterocycles. The maximum atomic E-state index is 11.7. The molecule has 2 N–H and O–H groups in total. The van der Waals surface area contributed by atoms with Gasteiger partial charge in [-0.25, -0.2) is 4.79 Å². The van der Waals surface area contributed by atoms with Crippen LogP contribution in [0.15, 0.2) is 12.1 Å². The summed E-state index contributed by atoms with van der Waals surface area (Å²) in [6, 6.07) is 2.95. The zero-order chi connectivity index (χ0) is 14.0. The van der Waals surface area contributed by atoms with E-state index in [0.717, 1.165) is 0 Å². The lowest BCUT2D eigenvalue weighted by atomic mass is 10.1. The Balaban J connectivity index is 2.51. The van der Waals surface area contributed by atoms with Gasteiger partial charge in [0, 0.05) is 12.6 Å². The Labute approximate surface area is 108 Å². The lowest BCUT2D eigenvalue weighted by Gasteiger charge is -2.21. The predicted molar refractivity (Wildman–Crippen MR) is 66.2 cm³/mol. The largest absolute Gasteiger partial charge is 0.481 e. The second-order valence-corrected chi connectivity index (χ2v) is 3.91. The van der Waals surface area contributed by atoms with Gasteiger partial charge in [-0.15, -0.1) is 0 Å². The van der Waals surface area contributed by atoms with E-state index < -0.39 is 5.97 Å². The van der Waals surface area contributed by atoms with E-state index in [2.05, 4.69) is 15.4 Å². The van der Waals surface area contributed by atoms with Gasteiger partial charge in [-0.2, -0.15) is 0 Å². The summed E-state index contributed by atoms with van der Waals surface area (Å²) in [5.41, 5.74) is 0.837. The number of benzene rings is 1. The van der Waals surface area contributed by atoms with Crippen molar-refractivity contribution >= 4 is 29.2 Å². The average Bonchev–Trinajstić information content (AvgIpc) is 2.35. The first kappa shape index (κ1) is 12.9. The molecule has 0 fully saturated rings. The topological polar surface area (TPSA) is 93.7 Å². The molecule has 0 radical (unpaired) electrons. The number of fused-ring (bicyclic) bond motifs is 1. The minimum absolute atomic E-state index is 0.142. The van der Waals surface area contributed by atoms with Crippen LogP contribution >= 0.6 is 0 Å².